The van der Waals surface area contributed by atoms with Gasteiger partial charge in [0, 0.05) is 5.69 Å². The zero-order valence-corrected chi connectivity index (χ0v) is 9.61. The molecule has 0 aliphatic rings. The number of aromatic carboxylic acids is 1. The molecule has 2 rings (SSSR count). The number of nitrogen functional groups attached to an aromatic ring is 1. The second-order valence-corrected chi connectivity index (χ2v) is 4.00. The van der Waals surface area contributed by atoms with Crippen LogP contribution in [0.25, 0.3) is 11.1 Å². The second kappa shape index (κ2) is 4.47. The lowest BCUT2D eigenvalue weighted by Crippen LogP contribution is -2.00. The number of hydrogen-bond acceptors (Lipinski definition) is 2. The molecule has 2 aromatic rings. The van der Waals surface area contributed by atoms with E-state index in [-0.39, 0.29) is 10.6 Å². The highest BCUT2D eigenvalue weighted by molar-refractivity contribution is 6.34. The molecule has 0 bridgehead atoms. The molecule has 2 aromatic carbocycles. The summed E-state index contributed by atoms with van der Waals surface area (Å²) in [4.78, 5) is 11.2. The Morgan fingerprint density at radius 3 is 2.53 bits per heavy atom. The van der Waals surface area contributed by atoms with Crippen molar-refractivity contribution in [1.29, 1.82) is 0 Å². The molecule has 0 aliphatic heterocycles. The van der Waals surface area contributed by atoms with E-state index < -0.39 is 5.97 Å². The molecule has 0 amide bonds. The first-order valence-corrected chi connectivity index (χ1v) is 5.35. The number of benzene rings is 2. The van der Waals surface area contributed by atoms with Crippen LogP contribution in [0.2, 0.25) is 5.02 Å². The Morgan fingerprint density at radius 1 is 1.18 bits per heavy atom. The van der Waals surface area contributed by atoms with E-state index in [0.29, 0.717) is 11.3 Å². The van der Waals surface area contributed by atoms with Crippen LogP contribution in [0.1, 0.15) is 10.4 Å². The molecule has 0 fully saturated rings. The van der Waals surface area contributed by atoms with E-state index >= 15 is 0 Å². The SMILES string of the molecule is Nc1cccc(-c2cccc(Cl)c2C(=O)O)c1. The molecule has 17 heavy (non-hydrogen) atoms. The van der Waals surface area contributed by atoms with E-state index in [2.05, 4.69) is 0 Å². The molecule has 3 N–H and O–H groups in total. The molecular formula is C13H10ClNO2. The molecule has 0 heterocycles. The topological polar surface area (TPSA) is 63.3 Å². The quantitative estimate of drug-likeness (QED) is 0.801. The van der Waals surface area contributed by atoms with Crippen LogP contribution >= 0.6 is 11.6 Å². The van der Waals surface area contributed by atoms with Crippen LogP contribution in [-0.2, 0) is 0 Å². The van der Waals surface area contributed by atoms with Crippen molar-refractivity contribution < 1.29 is 9.90 Å². The van der Waals surface area contributed by atoms with Gasteiger partial charge in [-0.05, 0) is 29.3 Å². The van der Waals surface area contributed by atoms with E-state index in [1.807, 2.05) is 0 Å². The van der Waals surface area contributed by atoms with Crippen molar-refractivity contribution >= 4 is 23.3 Å². The molecule has 0 spiro atoms. The number of halogens is 1. The Hall–Kier alpha value is -2.00. The van der Waals surface area contributed by atoms with Crippen molar-refractivity contribution in [3.63, 3.8) is 0 Å². The lowest BCUT2D eigenvalue weighted by atomic mass is 9.99. The smallest absolute Gasteiger partial charge is 0.337 e. The number of anilines is 1. The normalized spacial score (nSPS) is 10.2. The molecule has 0 aromatic heterocycles. The summed E-state index contributed by atoms with van der Waals surface area (Å²) in [7, 11) is 0. The maximum atomic E-state index is 11.2. The number of carbonyl (C=O) groups is 1. The fraction of sp³-hybridized carbons (Fsp3) is 0. The van der Waals surface area contributed by atoms with Gasteiger partial charge in [-0.15, -0.1) is 0 Å². The van der Waals surface area contributed by atoms with Crippen LogP contribution in [0.4, 0.5) is 5.69 Å². The highest BCUT2D eigenvalue weighted by Crippen LogP contribution is 2.30. The van der Waals surface area contributed by atoms with Crippen LogP contribution in [0, 0.1) is 0 Å². The number of carboxylic acids is 1. The molecule has 3 nitrogen and oxygen atoms in total. The number of nitrogens with two attached hydrogens (primary N) is 1. The minimum atomic E-state index is -1.05. The van der Waals surface area contributed by atoms with Crippen LogP contribution in [0.3, 0.4) is 0 Å². The predicted molar refractivity (Wildman–Crippen MR) is 68.3 cm³/mol. The van der Waals surface area contributed by atoms with Gasteiger partial charge in [0.05, 0.1) is 10.6 Å². The summed E-state index contributed by atoms with van der Waals surface area (Å²) in [6, 6.07) is 12.0. The van der Waals surface area contributed by atoms with Gasteiger partial charge in [-0.1, -0.05) is 35.9 Å². The molecule has 0 aliphatic carbocycles. The second-order valence-electron chi connectivity index (χ2n) is 3.59. The van der Waals surface area contributed by atoms with Gasteiger partial charge in [0.25, 0.3) is 0 Å². The third-order valence-electron chi connectivity index (χ3n) is 2.43. The standard InChI is InChI=1S/C13H10ClNO2/c14-11-6-2-5-10(12(11)13(16)17)8-3-1-4-9(15)7-8/h1-7H,15H2,(H,16,17). The Labute approximate surface area is 103 Å². The minimum absolute atomic E-state index is 0.0970. The lowest BCUT2D eigenvalue weighted by Gasteiger charge is -2.08. The molecule has 0 atom stereocenters. The van der Waals surface area contributed by atoms with Crippen molar-refractivity contribution in [3.05, 3.63) is 53.1 Å². The van der Waals surface area contributed by atoms with E-state index in [9.17, 15) is 4.79 Å². The maximum Gasteiger partial charge on any atom is 0.337 e. The number of rotatable bonds is 2. The summed E-state index contributed by atoms with van der Waals surface area (Å²) in [5.41, 5.74) is 7.67. The van der Waals surface area contributed by atoms with E-state index in [1.165, 1.54) is 0 Å². The first-order chi connectivity index (χ1) is 8.09. The van der Waals surface area contributed by atoms with Crippen molar-refractivity contribution in [1.82, 2.24) is 0 Å². The third kappa shape index (κ3) is 2.24. The number of hydrogen-bond donors (Lipinski definition) is 2. The molecule has 0 radical (unpaired) electrons. The maximum absolute atomic E-state index is 11.2. The molecule has 0 saturated heterocycles. The summed E-state index contributed by atoms with van der Waals surface area (Å²) >= 11 is 5.90. The summed E-state index contributed by atoms with van der Waals surface area (Å²) in [6.45, 7) is 0. The summed E-state index contributed by atoms with van der Waals surface area (Å²) in [5.74, 6) is -1.05. The fourth-order valence-corrected chi connectivity index (χ4v) is 1.94. The molecule has 0 unspecified atom stereocenters. The van der Waals surface area contributed by atoms with Gasteiger partial charge in [-0.25, -0.2) is 4.79 Å². The van der Waals surface area contributed by atoms with Crippen molar-refractivity contribution in [2.24, 2.45) is 0 Å². The Morgan fingerprint density at radius 2 is 1.88 bits per heavy atom. The Balaban J connectivity index is 2.67. The zero-order valence-electron chi connectivity index (χ0n) is 8.85. The van der Waals surface area contributed by atoms with Crippen LogP contribution in [0.15, 0.2) is 42.5 Å². The average molecular weight is 248 g/mol. The summed E-state index contributed by atoms with van der Waals surface area (Å²) in [6.07, 6.45) is 0. The molecule has 0 saturated carbocycles. The van der Waals surface area contributed by atoms with Gasteiger partial charge in [-0.2, -0.15) is 0 Å². The first kappa shape index (κ1) is 11.5. The first-order valence-electron chi connectivity index (χ1n) is 4.97. The van der Waals surface area contributed by atoms with E-state index in [4.69, 9.17) is 22.4 Å². The Kier molecular flexibility index (Phi) is 3.02. The van der Waals surface area contributed by atoms with E-state index in [0.717, 1.165) is 5.56 Å². The fourth-order valence-electron chi connectivity index (χ4n) is 1.69. The van der Waals surface area contributed by atoms with Crippen molar-refractivity contribution in [3.8, 4) is 11.1 Å². The molecule has 4 heteroatoms. The monoisotopic (exact) mass is 247 g/mol. The summed E-state index contributed by atoms with van der Waals surface area (Å²) < 4.78 is 0. The van der Waals surface area contributed by atoms with Crippen LogP contribution in [-0.4, -0.2) is 11.1 Å². The average Bonchev–Trinajstić information content (AvgIpc) is 2.28. The van der Waals surface area contributed by atoms with Gasteiger partial charge < -0.3 is 10.8 Å². The van der Waals surface area contributed by atoms with Crippen molar-refractivity contribution in [2.45, 2.75) is 0 Å². The van der Waals surface area contributed by atoms with Gasteiger partial charge in [0.2, 0.25) is 0 Å². The zero-order chi connectivity index (χ0) is 12.4. The van der Waals surface area contributed by atoms with Gasteiger partial charge >= 0.3 is 5.97 Å². The largest absolute Gasteiger partial charge is 0.478 e. The van der Waals surface area contributed by atoms with Crippen LogP contribution < -0.4 is 5.73 Å². The highest BCUT2D eigenvalue weighted by Gasteiger charge is 2.15. The Bertz CT molecular complexity index is 581. The molecular weight excluding hydrogens is 238 g/mol. The lowest BCUT2D eigenvalue weighted by molar-refractivity contribution is 0.0698. The van der Waals surface area contributed by atoms with Gasteiger partial charge in [0.15, 0.2) is 0 Å². The number of carboxylic acid groups (broad SMARTS) is 1. The third-order valence-corrected chi connectivity index (χ3v) is 2.74. The molecule has 86 valence electrons. The van der Waals surface area contributed by atoms with Crippen molar-refractivity contribution in [2.75, 3.05) is 5.73 Å². The van der Waals surface area contributed by atoms with Crippen LogP contribution in [0.5, 0.6) is 0 Å². The minimum Gasteiger partial charge on any atom is -0.478 e. The highest BCUT2D eigenvalue weighted by atomic mass is 35.5. The predicted octanol–water partition coefficient (Wildman–Crippen LogP) is 3.29. The van der Waals surface area contributed by atoms with Gasteiger partial charge in [0.1, 0.15) is 0 Å². The van der Waals surface area contributed by atoms with Gasteiger partial charge in [-0.3, -0.25) is 0 Å². The van der Waals surface area contributed by atoms with E-state index in [1.54, 1.807) is 42.5 Å². The summed E-state index contributed by atoms with van der Waals surface area (Å²) in [5, 5.41) is 9.38.